The van der Waals surface area contributed by atoms with Crippen molar-refractivity contribution in [2.45, 2.75) is 16.2 Å². The summed E-state index contributed by atoms with van der Waals surface area (Å²) in [6.07, 6.45) is 0.984. The fourth-order valence-electron chi connectivity index (χ4n) is 3.06. The lowest BCUT2D eigenvalue weighted by atomic mass is 9.95. The van der Waals surface area contributed by atoms with Crippen LogP contribution in [0, 0.1) is 0 Å². The van der Waals surface area contributed by atoms with Crippen LogP contribution in [-0.4, -0.2) is 7.11 Å². The normalized spacial score (nSPS) is 12.2. The van der Waals surface area contributed by atoms with Gasteiger partial charge in [-0.2, -0.15) is 0 Å². The smallest absolute Gasteiger partial charge is 0.119 e. The van der Waals surface area contributed by atoms with E-state index in [2.05, 4.69) is 55.1 Å². The fourth-order valence-corrected chi connectivity index (χ4v) is 4.11. The van der Waals surface area contributed by atoms with E-state index in [1.807, 2.05) is 30.0 Å². The highest BCUT2D eigenvalue weighted by molar-refractivity contribution is 7.99. The van der Waals surface area contributed by atoms with Gasteiger partial charge in [-0.1, -0.05) is 54.7 Å². The second-order valence-corrected chi connectivity index (χ2v) is 7.00. The summed E-state index contributed by atoms with van der Waals surface area (Å²) < 4.78 is 5.33. The molecule has 0 saturated heterocycles. The molecule has 1 aliphatic rings. The molecule has 1 aliphatic heterocycles. The van der Waals surface area contributed by atoms with Crippen LogP contribution >= 0.6 is 11.8 Å². The maximum atomic E-state index is 5.33. The van der Waals surface area contributed by atoms with Gasteiger partial charge in [0.05, 0.1) is 7.11 Å². The van der Waals surface area contributed by atoms with E-state index in [9.17, 15) is 0 Å². The molecular weight excluding hydrogens is 312 g/mol. The van der Waals surface area contributed by atoms with E-state index in [0.29, 0.717) is 0 Å². The van der Waals surface area contributed by atoms with Gasteiger partial charge >= 0.3 is 0 Å². The highest BCUT2D eigenvalue weighted by Gasteiger charge is 2.16. The largest absolute Gasteiger partial charge is 0.497 e. The van der Waals surface area contributed by atoms with Crippen LogP contribution in [0.25, 0.3) is 5.57 Å². The van der Waals surface area contributed by atoms with Crippen LogP contribution in [0.4, 0.5) is 0 Å². The number of methoxy groups -OCH3 is 1. The summed E-state index contributed by atoms with van der Waals surface area (Å²) in [6, 6.07) is 23.4. The van der Waals surface area contributed by atoms with E-state index in [1.54, 1.807) is 7.11 Å². The molecule has 0 aromatic heterocycles. The van der Waals surface area contributed by atoms with Gasteiger partial charge in [-0.05, 0) is 64.6 Å². The van der Waals surface area contributed by atoms with Gasteiger partial charge in [0, 0.05) is 9.79 Å². The molecule has 0 aliphatic carbocycles. The lowest BCUT2D eigenvalue weighted by Gasteiger charge is -2.20. The van der Waals surface area contributed by atoms with Gasteiger partial charge in [0.1, 0.15) is 5.75 Å². The van der Waals surface area contributed by atoms with Crippen LogP contribution in [0.2, 0.25) is 0 Å². The van der Waals surface area contributed by atoms with Crippen molar-refractivity contribution in [3.05, 3.63) is 95.6 Å². The number of benzene rings is 3. The van der Waals surface area contributed by atoms with Gasteiger partial charge in [-0.25, -0.2) is 0 Å². The van der Waals surface area contributed by atoms with Gasteiger partial charge < -0.3 is 4.74 Å². The molecule has 0 bridgehead atoms. The zero-order valence-corrected chi connectivity index (χ0v) is 14.4. The van der Waals surface area contributed by atoms with Crippen LogP contribution < -0.4 is 4.74 Å². The molecule has 1 nitrogen and oxygen atoms in total. The molecule has 0 radical (unpaired) electrons. The van der Waals surface area contributed by atoms with Gasteiger partial charge in [0.25, 0.3) is 0 Å². The first-order valence-corrected chi connectivity index (χ1v) is 8.78. The quantitative estimate of drug-likeness (QED) is 0.468. The first-order valence-electron chi connectivity index (χ1n) is 7.97. The summed E-state index contributed by atoms with van der Waals surface area (Å²) in [5, 5.41) is 0. The Hall–Kier alpha value is -2.45. The molecule has 3 aromatic rings. The summed E-state index contributed by atoms with van der Waals surface area (Å²) in [6.45, 7) is 4.30. The minimum atomic E-state index is 0.857. The third-order valence-electron chi connectivity index (χ3n) is 4.40. The molecule has 3 aromatic carbocycles. The zero-order valence-electron chi connectivity index (χ0n) is 13.6. The van der Waals surface area contributed by atoms with Gasteiger partial charge in [0.15, 0.2) is 0 Å². The SMILES string of the molecule is C=C(c1cccc(OC)c1)c1ccc2c(c1)Cc1ccccc1S2. The Labute approximate surface area is 147 Å². The minimum absolute atomic E-state index is 0.857. The molecule has 4 rings (SSSR count). The van der Waals surface area contributed by atoms with E-state index in [-0.39, 0.29) is 0 Å². The number of hydrogen-bond donors (Lipinski definition) is 0. The van der Waals surface area contributed by atoms with Crippen molar-refractivity contribution >= 4 is 17.3 Å². The topological polar surface area (TPSA) is 9.23 Å². The third kappa shape index (κ3) is 2.74. The average molecular weight is 330 g/mol. The van der Waals surface area contributed by atoms with E-state index >= 15 is 0 Å². The lowest BCUT2D eigenvalue weighted by molar-refractivity contribution is 0.414. The average Bonchev–Trinajstić information content (AvgIpc) is 2.65. The number of fused-ring (bicyclic) bond motifs is 2. The van der Waals surface area contributed by atoms with E-state index < -0.39 is 0 Å². The molecule has 0 unspecified atom stereocenters. The maximum absolute atomic E-state index is 5.33. The molecule has 24 heavy (non-hydrogen) atoms. The number of ether oxygens (including phenoxy) is 1. The minimum Gasteiger partial charge on any atom is -0.497 e. The van der Waals surface area contributed by atoms with E-state index in [1.165, 1.54) is 26.5 Å². The van der Waals surface area contributed by atoms with Crippen LogP contribution in [0.1, 0.15) is 22.3 Å². The zero-order chi connectivity index (χ0) is 16.5. The summed E-state index contributed by atoms with van der Waals surface area (Å²) in [5.41, 5.74) is 6.07. The summed E-state index contributed by atoms with van der Waals surface area (Å²) >= 11 is 1.86. The van der Waals surface area contributed by atoms with Crippen molar-refractivity contribution in [3.63, 3.8) is 0 Å². The van der Waals surface area contributed by atoms with Crippen molar-refractivity contribution in [2.75, 3.05) is 7.11 Å². The summed E-state index contributed by atoms with van der Waals surface area (Å²) in [7, 11) is 1.69. The molecule has 0 atom stereocenters. The summed E-state index contributed by atoms with van der Waals surface area (Å²) in [4.78, 5) is 2.71. The Morgan fingerprint density at radius 2 is 1.67 bits per heavy atom. The number of rotatable bonds is 3. The van der Waals surface area contributed by atoms with E-state index in [4.69, 9.17) is 4.74 Å². The third-order valence-corrected chi connectivity index (χ3v) is 5.64. The maximum Gasteiger partial charge on any atom is 0.119 e. The first kappa shape index (κ1) is 15.1. The molecule has 0 N–H and O–H groups in total. The van der Waals surface area contributed by atoms with Crippen LogP contribution in [0.15, 0.2) is 83.1 Å². The molecule has 118 valence electrons. The van der Waals surface area contributed by atoms with Crippen LogP contribution in [-0.2, 0) is 6.42 Å². The Morgan fingerprint density at radius 3 is 2.54 bits per heavy atom. The lowest BCUT2D eigenvalue weighted by Crippen LogP contribution is -2.00. The fraction of sp³-hybridized carbons (Fsp3) is 0.0909. The molecule has 2 heteroatoms. The Bertz CT molecular complexity index is 927. The molecular formula is C22H18OS. The molecule has 0 amide bonds. The molecule has 0 fully saturated rings. The van der Waals surface area contributed by atoms with Crippen molar-refractivity contribution in [3.8, 4) is 5.75 Å². The van der Waals surface area contributed by atoms with Crippen molar-refractivity contribution < 1.29 is 4.74 Å². The predicted octanol–water partition coefficient (Wildman–Crippen LogP) is 5.81. The second kappa shape index (κ2) is 6.21. The monoisotopic (exact) mass is 330 g/mol. The predicted molar refractivity (Wildman–Crippen MR) is 101 cm³/mol. The van der Waals surface area contributed by atoms with Gasteiger partial charge in [-0.15, -0.1) is 0 Å². The summed E-state index contributed by atoms with van der Waals surface area (Å²) in [5.74, 6) is 0.857. The first-order chi connectivity index (χ1) is 11.7. The molecule has 1 heterocycles. The van der Waals surface area contributed by atoms with Gasteiger partial charge in [0.2, 0.25) is 0 Å². The van der Waals surface area contributed by atoms with Crippen LogP contribution in [0.5, 0.6) is 5.75 Å². The highest BCUT2D eigenvalue weighted by Crippen LogP contribution is 2.40. The highest BCUT2D eigenvalue weighted by atomic mass is 32.2. The van der Waals surface area contributed by atoms with Crippen molar-refractivity contribution in [1.82, 2.24) is 0 Å². The van der Waals surface area contributed by atoms with Crippen LogP contribution in [0.3, 0.4) is 0 Å². The standard InChI is InChI=1S/C22H18OS/c1-15(16-7-5-8-20(14-16)23-2)17-10-11-22-19(12-17)13-18-6-3-4-9-21(18)24-22/h3-12,14H,1,13H2,2H3. The Morgan fingerprint density at radius 1 is 0.875 bits per heavy atom. The number of hydrogen-bond acceptors (Lipinski definition) is 2. The second-order valence-electron chi connectivity index (χ2n) is 5.92. The Balaban J connectivity index is 1.68. The Kier molecular flexibility index (Phi) is 3.91. The van der Waals surface area contributed by atoms with E-state index in [0.717, 1.165) is 23.3 Å². The molecule has 0 spiro atoms. The van der Waals surface area contributed by atoms with Crippen molar-refractivity contribution in [1.29, 1.82) is 0 Å². The molecule has 0 saturated carbocycles. The van der Waals surface area contributed by atoms with Crippen molar-refractivity contribution in [2.24, 2.45) is 0 Å². The van der Waals surface area contributed by atoms with Gasteiger partial charge in [-0.3, -0.25) is 0 Å².